The maximum absolute atomic E-state index is 11.1. The molecule has 6 heteroatoms. The standard InChI is InChI=1S/C60H50N6/c1-35-37(3)41(7)56-48(39(35)5)31-49-40(6)36(2)38(4)42(8)57(49)66(56)58-50(54-32-52(44-21-13-9-14-22-44)62-59(64-54)46-25-17-11-18-26-46)29-43(34-61)30-51(58)55-33-53(45-23-15-10-16-24-45)63-60(65-55)47-27-19-12-20-28-47/h9-30,32-33H,31H2,1-8H3. The fourth-order valence-corrected chi connectivity index (χ4v) is 9.74. The van der Waals surface area contributed by atoms with Crippen molar-refractivity contribution in [3.05, 3.63) is 207 Å². The van der Waals surface area contributed by atoms with E-state index in [0.29, 0.717) is 28.6 Å². The quantitative estimate of drug-likeness (QED) is 0.159. The van der Waals surface area contributed by atoms with Crippen molar-refractivity contribution >= 4 is 17.1 Å². The third-order valence-electron chi connectivity index (χ3n) is 14.0. The Bertz CT molecular complexity index is 3070. The zero-order valence-corrected chi connectivity index (χ0v) is 38.7. The van der Waals surface area contributed by atoms with Crippen LogP contribution < -0.4 is 4.90 Å². The first-order valence-electron chi connectivity index (χ1n) is 22.6. The van der Waals surface area contributed by atoms with Gasteiger partial charge in [-0.15, -0.1) is 0 Å². The van der Waals surface area contributed by atoms with Gasteiger partial charge in [0.05, 0.1) is 51.5 Å². The highest BCUT2D eigenvalue weighted by Gasteiger charge is 2.36. The van der Waals surface area contributed by atoms with Gasteiger partial charge >= 0.3 is 0 Å². The Morgan fingerprint density at radius 2 is 0.712 bits per heavy atom. The van der Waals surface area contributed by atoms with Crippen LogP contribution >= 0.6 is 0 Å². The SMILES string of the molecule is Cc1c(C)c(C)c2c(c1C)Cc1c(C)c(C)c(C)c(C)c1N2c1c(-c2cc(-c3ccccc3)nc(-c3ccccc3)n2)cc(C#N)cc1-c1cc(-c2ccccc2)nc(-c2ccccc2)n1. The second-order valence-electron chi connectivity index (χ2n) is 17.6. The number of hydrogen-bond donors (Lipinski definition) is 0. The van der Waals surface area contributed by atoms with Crippen LogP contribution in [0.25, 0.3) is 67.8 Å². The van der Waals surface area contributed by atoms with Crippen LogP contribution in [0.1, 0.15) is 61.2 Å². The molecule has 0 amide bonds. The minimum atomic E-state index is 0.490. The van der Waals surface area contributed by atoms with Gasteiger partial charge in [-0.3, -0.25) is 0 Å². The monoisotopic (exact) mass is 854 g/mol. The van der Waals surface area contributed by atoms with E-state index in [2.05, 4.69) is 127 Å². The van der Waals surface area contributed by atoms with Crippen LogP contribution in [0.5, 0.6) is 0 Å². The largest absolute Gasteiger partial charge is 0.308 e. The first kappa shape index (κ1) is 42.0. The van der Waals surface area contributed by atoms with Crippen molar-refractivity contribution in [2.75, 3.05) is 4.90 Å². The van der Waals surface area contributed by atoms with Crippen molar-refractivity contribution in [3.63, 3.8) is 0 Å². The Morgan fingerprint density at radius 3 is 1.08 bits per heavy atom. The molecule has 2 aromatic heterocycles. The van der Waals surface area contributed by atoms with Crippen LogP contribution in [-0.4, -0.2) is 19.9 Å². The molecule has 6 nitrogen and oxygen atoms in total. The predicted octanol–water partition coefficient (Wildman–Crippen LogP) is 15.0. The third-order valence-corrected chi connectivity index (χ3v) is 14.0. The lowest BCUT2D eigenvalue weighted by Gasteiger charge is -2.41. The lowest BCUT2D eigenvalue weighted by Crippen LogP contribution is -2.25. The maximum Gasteiger partial charge on any atom is 0.160 e. The molecule has 1 aliphatic rings. The summed E-state index contributed by atoms with van der Waals surface area (Å²) in [5.74, 6) is 1.19. The van der Waals surface area contributed by atoms with E-state index in [1.54, 1.807) is 0 Å². The van der Waals surface area contributed by atoms with Crippen LogP contribution in [0.4, 0.5) is 17.1 Å². The Balaban J connectivity index is 1.41. The van der Waals surface area contributed by atoms with Gasteiger partial charge in [0.1, 0.15) is 0 Å². The second kappa shape index (κ2) is 16.8. The summed E-state index contributed by atoms with van der Waals surface area (Å²) in [7, 11) is 0. The average molecular weight is 855 g/mol. The zero-order chi connectivity index (χ0) is 45.8. The highest BCUT2D eigenvalue weighted by Crippen LogP contribution is 2.56. The topological polar surface area (TPSA) is 78.6 Å². The average Bonchev–Trinajstić information content (AvgIpc) is 3.38. The third kappa shape index (κ3) is 7.14. The van der Waals surface area contributed by atoms with Crippen LogP contribution in [-0.2, 0) is 6.42 Å². The number of fused-ring (bicyclic) bond motifs is 2. The minimum absolute atomic E-state index is 0.490. The Labute approximate surface area is 388 Å². The number of nitrogens with zero attached hydrogens (tertiary/aromatic N) is 6. The molecule has 10 rings (SSSR count). The van der Waals surface area contributed by atoms with Crippen molar-refractivity contribution in [2.24, 2.45) is 0 Å². The smallest absolute Gasteiger partial charge is 0.160 e. The van der Waals surface area contributed by atoms with Crippen molar-refractivity contribution in [3.8, 4) is 73.9 Å². The lowest BCUT2D eigenvalue weighted by molar-refractivity contribution is 0.996. The van der Waals surface area contributed by atoms with Gasteiger partial charge < -0.3 is 4.90 Å². The summed E-state index contributed by atoms with van der Waals surface area (Å²) in [4.78, 5) is 23.9. The van der Waals surface area contributed by atoms with Crippen molar-refractivity contribution in [2.45, 2.75) is 61.8 Å². The molecule has 0 atom stereocenters. The zero-order valence-electron chi connectivity index (χ0n) is 38.7. The van der Waals surface area contributed by atoms with E-state index in [4.69, 9.17) is 19.9 Å². The number of anilines is 3. The highest BCUT2D eigenvalue weighted by atomic mass is 15.2. The van der Waals surface area contributed by atoms with E-state index in [-0.39, 0.29) is 0 Å². The fraction of sp³-hybridized carbons (Fsp3) is 0.150. The summed E-state index contributed by atoms with van der Waals surface area (Å²) < 4.78 is 0. The molecule has 0 N–H and O–H groups in total. The first-order chi connectivity index (χ1) is 32.0. The molecule has 9 aromatic rings. The summed E-state index contributed by atoms with van der Waals surface area (Å²) in [6, 6.07) is 51.6. The van der Waals surface area contributed by atoms with E-state index < -0.39 is 0 Å². The van der Waals surface area contributed by atoms with Gasteiger partial charge in [0.2, 0.25) is 0 Å². The van der Waals surface area contributed by atoms with Gasteiger partial charge in [0, 0.05) is 39.8 Å². The summed E-state index contributed by atoms with van der Waals surface area (Å²) in [6.07, 6.45) is 0.803. The van der Waals surface area contributed by atoms with E-state index in [9.17, 15) is 5.26 Å². The maximum atomic E-state index is 11.1. The molecule has 66 heavy (non-hydrogen) atoms. The molecule has 0 spiro atoms. The van der Waals surface area contributed by atoms with E-state index in [1.165, 1.54) is 55.6 Å². The van der Waals surface area contributed by atoms with Crippen molar-refractivity contribution < 1.29 is 0 Å². The molecule has 320 valence electrons. The molecule has 0 bridgehead atoms. The molecule has 7 aromatic carbocycles. The van der Waals surface area contributed by atoms with Gasteiger partial charge in [0.15, 0.2) is 11.6 Å². The Morgan fingerprint density at radius 1 is 0.379 bits per heavy atom. The van der Waals surface area contributed by atoms with Crippen LogP contribution in [0.2, 0.25) is 0 Å². The van der Waals surface area contributed by atoms with Gasteiger partial charge in [-0.25, -0.2) is 19.9 Å². The summed E-state index contributed by atoms with van der Waals surface area (Å²) in [5, 5.41) is 11.1. The molecule has 0 radical (unpaired) electrons. The summed E-state index contributed by atoms with van der Waals surface area (Å²) >= 11 is 0. The van der Waals surface area contributed by atoms with Crippen molar-refractivity contribution in [1.82, 2.24) is 19.9 Å². The van der Waals surface area contributed by atoms with Crippen LogP contribution in [0, 0.1) is 66.7 Å². The second-order valence-corrected chi connectivity index (χ2v) is 17.6. The summed E-state index contributed by atoms with van der Waals surface area (Å²) in [5.41, 5.74) is 24.7. The Kier molecular flexibility index (Phi) is 10.7. The van der Waals surface area contributed by atoms with Gasteiger partial charge in [-0.1, -0.05) is 121 Å². The van der Waals surface area contributed by atoms with Crippen molar-refractivity contribution in [1.29, 1.82) is 5.26 Å². The molecule has 1 aliphatic heterocycles. The summed E-state index contributed by atoms with van der Waals surface area (Å²) in [6.45, 7) is 18.1. The number of aromatic nitrogens is 4. The van der Waals surface area contributed by atoms with E-state index in [1.807, 2.05) is 84.9 Å². The van der Waals surface area contributed by atoms with Gasteiger partial charge in [0.25, 0.3) is 0 Å². The van der Waals surface area contributed by atoms with E-state index in [0.717, 1.165) is 68.3 Å². The fourth-order valence-electron chi connectivity index (χ4n) is 9.74. The van der Waals surface area contributed by atoms with Crippen LogP contribution in [0.15, 0.2) is 146 Å². The normalized spacial score (nSPS) is 11.8. The molecule has 3 heterocycles. The molecule has 0 unspecified atom stereocenters. The molecule has 0 fully saturated rings. The van der Waals surface area contributed by atoms with Gasteiger partial charge in [-0.05, 0) is 135 Å². The molecule has 0 saturated carbocycles. The first-order valence-corrected chi connectivity index (χ1v) is 22.6. The highest BCUT2D eigenvalue weighted by molar-refractivity contribution is 6.02. The number of hydrogen-bond acceptors (Lipinski definition) is 6. The predicted molar refractivity (Wildman–Crippen MR) is 270 cm³/mol. The molecule has 0 saturated heterocycles. The number of benzene rings is 7. The van der Waals surface area contributed by atoms with E-state index >= 15 is 0 Å². The number of rotatable bonds is 7. The lowest BCUT2D eigenvalue weighted by atomic mass is 9.80. The molecular formula is C60H50N6. The van der Waals surface area contributed by atoms with Crippen LogP contribution in [0.3, 0.4) is 0 Å². The number of nitriles is 1. The minimum Gasteiger partial charge on any atom is -0.308 e. The Hall–Kier alpha value is -8.01. The van der Waals surface area contributed by atoms with Gasteiger partial charge in [-0.2, -0.15) is 5.26 Å². The molecular weight excluding hydrogens is 805 g/mol. The molecule has 0 aliphatic carbocycles.